The molecule has 0 saturated heterocycles. The number of fused-ring (bicyclic) bond motifs is 1. The van der Waals surface area contributed by atoms with Gasteiger partial charge in [-0.1, -0.05) is 13.0 Å². The number of rotatable bonds is 4. The van der Waals surface area contributed by atoms with Crippen LogP contribution in [-0.2, 0) is 13.1 Å². The van der Waals surface area contributed by atoms with E-state index >= 15 is 0 Å². The number of hydrogen-bond acceptors (Lipinski definition) is 4. The van der Waals surface area contributed by atoms with E-state index in [1.165, 1.54) is 15.4 Å². The molecule has 0 radical (unpaired) electrons. The highest BCUT2D eigenvalue weighted by molar-refractivity contribution is 5.35. The maximum atomic E-state index is 12.1. The lowest BCUT2D eigenvalue weighted by Gasteiger charge is -2.02. The Morgan fingerprint density at radius 3 is 2.95 bits per heavy atom. The minimum absolute atomic E-state index is 0.165. The quantitative estimate of drug-likeness (QED) is 0.685. The average molecular weight is 258 g/mol. The Balaban J connectivity index is 1.99. The van der Waals surface area contributed by atoms with Gasteiger partial charge in [0.2, 0.25) is 0 Å². The smallest absolute Gasteiger partial charge is 0.250 e. The lowest BCUT2D eigenvalue weighted by molar-refractivity contribution is 0.533. The molecular weight excluding hydrogens is 244 g/mol. The topological polar surface area (TPSA) is 70.0 Å². The predicted molar refractivity (Wildman–Crippen MR) is 68.9 cm³/mol. The normalized spacial score (nSPS) is 11.2. The molecule has 0 aliphatic carbocycles. The fourth-order valence-corrected chi connectivity index (χ4v) is 2.01. The van der Waals surface area contributed by atoms with Gasteiger partial charge in [0.15, 0.2) is 5.65 Å². The summed E-state index contributed by atoms with van der Waals surface area (Å²) in [5.74, 6) is 0.743. The van der Waals surface area contributed by atoms with E-state index in [1.54, 1.807) is 23.0 Å². The number of pyridine rings is 1. The second kappa shape index (κ2) is 4.68. The standard InChI is InChI=1S/C12H14N6O/c1-2-6-17-11(13-9-14-17)8-18-12(19)16-7-4-3-5-10(16)15-18/h3-5,7,9H,2,6,8H2,1H3. The minimum Gasteiger partial charge on any atom is -0.250 e. The summed E-state index contributed by atoms with van der Waals surface area (Å²) in [6.45, 7) is 3.19. The molecule has 0 unspecified atom stereocenters. The van der Waals surface area contributed by atoms with Gasteiger partial charge in [0.25, 0.3) is 0 Å². The zero-order valence-electron chi connectivity index (χ0n) is 10.6. The van der Waals surface area contributed by atoms with E-state index in [0.717, 1.165) is 18.8 Å². The van der Waals surface area contributed by atoms with Crippen molar-refractivity contribution in [2.75, 3.05) is 0 Å². The minimum atomic E-state index is -0.165. The molecule has 0 N–H and O–H groups in total. The van der Waals surface area contributed by atoms with E-state index in [2.05, 4.69) is 22.1 Å². The maximum absolute atomic E-state index is 12.1. The van der Waals surface area contributed by atoms with Crippen molar-refractivity contribution in [1.82, 2.24) is 28.9 Å². The molecule has 0 bridgehead atoms. The largest absolute Gasteiger partial charge is 0.350 e. The van der Waals surface area contributed by atoms with E-state index < -0.39 is 0 Å². The molecule has 0 amide bonds. The number of hydrogen-bond donors (Lipinski definition) is 0. The molecule has 19 heavy (non-hydrogen) atoms. The first-order valence-corrected chi connectivity index (χ1v) is 6.20. The zero-order valence-corrected chi connectivity index (χ0v) is 10.6. The van der Waals surface area contributed by atoms with Gasteiger partial charge in [-0.3, -0.25) is 4.40 Å². The average Bonchev–Trinajstić information content (AvgIpc) is 2.98. The van der Waals surface area contributed by atoms with Gasteiger partial charge < -0.3 is 0 Å². The molecule has 3 heterocycles. The van der Waals surface area contributed by atoms with Gasteiger partial charge in [-0.2, -0.15) is 5.10 Å². The molecule has 0 aliphatic heterocycles. The first-order chi connectivity index (χ1) is 9.29. The highest BCUT2D eigenvalue weighted by Crippen LogP contribution is 2.00. The van der Waals surface area contributed by atoms with Crippen LogP contribution >= 0.6 is 0 Å². The van der Waals surface area contributed by atoms with Crippen molar-refractivity contribution in [2.24, 2.45) is 0 Å². The van der Waals surface area contributed by atoms with Crippen molar-refractivity contribution in [3.05, 3.63) is 47.0 Å². The van der Waals surface area contributed by atoms with E-state index in [-0.39, 0.29) is 5.69 Å². The summed E-state index contributed by atoms with van der Waals surface area (Å²) in [7, 11) is 0. The summed E-state index contributed by atoms with van der Waals surface area (Å²) in [6.07, 6.45) is 4.18. The summed E-state index contributed by atoms with van der Waals surface area (Å²) in [5, 5.41) is 8.42. The molecule has 7 heteroatoms. The number of nitrogens with zero attached hydrogens (tertiary/aromatic N) is 6. The maximum Gasteiger partial charge on any atom is 0.350 e. The highest BCUT2D eigenvalue weighted by Gasteiger charge is 2.10. The first kappa shape index (κ1) is 11.6. The Hall–Kier alpha value is -2.44. The summed E-state index contributed by atoms with van der Waals surface area (Å²) in [4.78, 5) is 16.3. The molecule has 3 aromatic rings. The van der Waals surface area contributed by atoms with Gasteiger partial charge in [0.1, 0.15) is 18.7 Å². The monoisotopic (exact) mass is 258 g/mol. The third-order valence-corrected chi connectivity index (χ3v) is 2.91. The molecule has 7 nitrogen and oxygen atoms in total. The molecule has 0 aromatic carbocycles. The van der Waals surface area contributed by atoms with Crippen molar-refractivity contribution in [2.45, 2.75) is 26.4 Å². The van der Waals surface area contributed by atoms with Crippen LogP contribution in [0.3, 0.4) is 0 Å². The lowest BCUT2D eigenvalue weighted by Crippen LogP contribution is -2.23. The van der Waals surface area contributed by atoms with Gasteiger partial charge in [-0.25, -0.2) is 19.1 Å². The SMILES string of the molecule is CCCn1ncnc1Cn1nc2ccccn2c1=O. The van der Waals surface area contributed by atoms with Crippen LogP contribution in [0, 0.1) is 0 Å². The van der Waals surface area contributed by atoms with Crippen molar-refractivity contribution in [3.8, 4) is 0 Å². The molecule has 98 valence electrons. The molecule has 0 aliphatic rings. The molecule has 0 fully saturated rings. The van der Waals surface area contributed by atoms with Crippen molar-refractivity contribution < 1.29 is 0 Å². The Kier molecular flexibility index (Phi) is 2.86. The van der Waals surface area contributed by atoms with Crippen LogP contribution in [0.15, 0.2) is 35.5 Å². The van der Waals surface area contributed by atoms with Crippen LogP contribution in [0.4, 0.5) is 0 Å². The zero-order chi connectivity index (χ0) is 13.2. The van der Waals surface area contributed by atoms with Crippen LogP contribution in [0.2, 0.25) is 0 Å². The van der Waals surface area contributed by atoms with E-state index in [9.17, 15) is 4.79 Å². The fourth-order valence-electron chi connectivity index (χ4n) is 2.01. The van der Waals surface area contributed by atoms with E-state index in [0.29, 0.717) is 12.2 Å². The molecular formula is C12H14N6O. The van der Waals surface area contributed by atoms with Gasteiger partial charge in [0.05, 0.1) is 0 Å². The van der Waals surface area contributed by atoms with Crippen LogP contribution in [-0.4, -0.2) is 28.9 Å². The summed E-state index contributed by atoms with van der Waals surface area (Å²) in [5.41, 5.74) is 0.468. The van der Waals surface area contributed by atoms with E-state index in [4.69, 9.17) is 0 Å². The second-order valence-electron chi connectivity index (χ2n) is 4.27. The molecule has 3 aromatic heterocycles. The Morgan fingerprint density at radius 2 is 2.16 bits per heavy atom. The van der Waals surface area contributed by atoms with Crippen LogP contribution in [0.5, 0.6) is 0 Å². The van der Waals surface area contributed by atoms with Gasteiger partial charge in [0, 0.05) is 12.7 Å². The number of aromatic nitrogens is 6. The van der Waals surface area contributed by atoms with Crippen molar-refractivity contribution in [1.29, 1.82) is 0 Å². The van der Waals surface area contributed by atoms with Gasteiger partial charge in [-0.05, 0) is 18.6 Å². The van der Waals surface area contributed by atoms with Crippen LogP contribution in [0.25, 0.3) is 5.65 Å². The highest BCUT2D eigenvalue weighted by atomic mass is 16.2. The molecule has 3 rings (SSSR count). The van der Waals surface area contributed by atoms with Gasteiger partial charge in [-0.15, -0.1) is 5.10 Å². The summed E-state index contributed by atoms with van der Waals surface area (Å²) >= 11 is 0. The Bertz CT molecular complexity index is 753. The lowest BCUT2D eigenvalue weighted by atomic mass is 10.5. The molecule has 0 saturated carbocycles. The Labute approximate surface area is 109 Å². The second-order valence-corrected chi connectivity index (χ2v) is 4.27. The summed E-state index contributed by atoms with van der Waals surface area (Å²) < 4.78 is 4.72. The van der Waals surface area contributed by atoms with E-state index in [1.807, 2.05) is 6.07 Å². The van der Waals surface area contributed by atoms with Crippen LogP contribution < -0.4 is 5.69 Å². The summed E-state index contributed by atoms with van der Waals surface area (Å²) in [6, 6.07) is 5.46. The molecule has 0 atom stereocenters. The third-order valence-electron chi connectivity index (χ3n) is 2.91. The van der Waals surface area contributed by atoms with Crippen molar-refractivity contribution in [3.63, 3.8) is 0 Å². The van der Waals surface area contributed by atoms with Crippen molar-refractivity contribution >= 4 is 5.65 Å². The number of aryl methyl sites for hydroxylation is 1. The first-order valence-electron chi connectivity index (χ1n) is 6.20. The Morgan fingerprint density at radius 1 is 1.26 bits per heavy atom. The predicted octanol–water partition coefficient (Wildman–Crippen LogP) is 0.546. The third kappa shape index (κ3) is 2.03. The van der Waals surface area contributed by atoms with Crippen LogP contribution in [0.1, 0.15) is 19.2 Å². The fraction of sp³-hybridized carbons (Fsp3) is 0.333. The van der Waals surface area contributed by atoms with Gasteiger partial charge >= 0.3 is 5.69 Å². The molecule has 0 spiro atoms.